The monoisotopic (exact) mass is 366 g/mol. The maximum atomic E-state index is 12.3. The Morgan fingerprint density at radius 2 is 1.88 bits per heavy atom. The molecule has 0 aromatic heterocycles. The van der Waals surface area contributed by atoms with Crippen molar-refractivity contribution in [2.75, 3.05) is 11.6 Å². The maximum Gasteiger partial charge on any atom is 0.335 e. The van der Waals surface area contributed by atoms with Crippen molar-refractivity contribution in [3.8, 4) is 0 Å². The minimum atomic E-state index is -1.20. The van der Waals surface area contributed by atoms with Crippen LogP contribution in [0.15, 0.2) is 24.3 Å². The van der Waals surface area contributed by atoms with Gasteiger partial charge in [0, 0.05) is 19.1 Å². The van der Waals surface area contributed by atoms with Gasteiger partial charge in [-0.05, 0) is 17.7 Å². The Bertz CT molecular complexity index is 690. The van der Waals surface area contributed by atoms with Gasteiger partial charge in [-0.15, -0.1) is 11.8 Å². The van der Waals surface area contributed by atoms with Crippen LogP contribution < -0.4 is 5.32 Å². The molecule has 1 heterocycles. The van der Waals surface area contributed by atoms with E-state index in [1.807, 2.05) is 0 Å². The fourth-order valence-corrected chi connectivity index (χ4v) is 3.68. The van der Waals surface area contributed by atoms with E-state index in [1.165, 1.54) is 47.9 Å². The zero-order chi connectivity index (χ0) is 18.6. The number of thioether (sulfide) groups is 1. The molecule has 3 N–H and O–H groups in total. The van der Waals surface area contributed by atoms with Crippen LogP contribution in [0.25, 0.3) is 0 Å². The van der Waals surface area contributed by atoms with E-state index < -0.39 is 29.9 Å². The van der Waals surface area contributed by atoms with Gasteiger partial charge in [0.2, 0.25) is 11.8 Å². The van der Waals surface area contributed by atoms with Crippen molar-refractivity contribution in [2.24, 2.45) is 0 Å². The van der Waals surface area contributed by atoms with E-state index in [-0.39, 0.29) is 17.9 Å². The Morgan fingerprint density at radius 3 is 2.40 bits per heavy atom. The lowest BCUT2D eigenvalue weighted by Gasteiger charge is -2.23. The van der Waals surface area contributed by atoms with Crippen LogP contribution in [0.4, 0.5) is 0 Å². The molecule has 9 heteroatoms. The van der Waals surface area contributed by atoms with Crippen molar-refractivity contribution in [3.05, 3.63) is 35.4 Å². The minimum Gasteiger partial charge on any atom is -0.480 e. The summed E-state index contributed by atoms with van der Waals surface area (Å²) in [7, 11) is 0. The zero-order valence-corrected chi connectivity index (χ0v) is 14.3. The zero-order valence-electron chi connectivity index (χ0n) is 13.5. The molecule has 1 aliphatic heterocycles. The smallest absolute Gasteiger partial charge is 0.335 e. The van der Waals surface area contributed by atoms with E-state index in [1.54, 1.807) is 0 Å². The van der Waals surface area contributed by atoms with Crippen molar-refractivity contribution < 1.29 is 29.4 Å². The molecule has 1 aromatic carbocycles. The first-order valence-electron chi connectivity index (χ1n) is 7.50. The Balaban J connectivity index is 2.05. The van der Waals surface area contributed by atoms with Gasteiger partial charge in [0.1, 0.15) is 12.1 Å². The van der Waals surface area contributed by atoms with Gasteiger partial charge in [-0.1, -0.05) is 12.1 Å². The van der Waals surface area contributed by atoms with E-state index in [2.05, 4.69) is 5.32 Å². The molecule has 1 aromatic rings. The summed E-state index contributed by atoms with van der Waals surface area (Å²) in [5, 5.41) is 20.7. The molecule has 0 radical (unpaired) electrons. The predicted molar refractivity (Wildman–Crippen MR) is 90.3 cm³/mol. The maximum absolute atomic E-state index is 12.3. The number of nitrogens with zero attached hydrogens (tertiary/aromatic N) is 1. The molecular formula is C16H18N2O6S. The number of rotatable bonds is 6. The number of carbonyl (C=O) groups excluding carboxylic acids is 2. The number of carboxylic acid groups (broad SMARTS) is 2. The first-order chi connectivity index (χ1) is 11.8. The molecule has 0 bridgehead atoms. The van der Waals surface area contributed by atoms with Gasteiger partial charge in [0.05, 0.1) is 11.4 Å². The standard InChI is InChI=1S/C16H18N2O6S/c1-9(19)18-8-25-7-13(18)14(20)17-12(16(23)24)6-10-2-4-11(5-3-10)15(21)22/h2-5,12-13H,6-8H2,1H3,(H,17,20)(H,21,22)(H,23,24). The Kier molecular flexibility index (Phi) is 6.02. The first-order valence-corrected chi connectivity index (χ1v) is 8.65. The highest BCUT2D eigenvalue weighted by atomic mass is 32.2. The molecule has 0 saturated carbocycles. The van der Waals surface area contributed by atoms with E-state index in [4.69, 9.17) is 5.11 Å². The molecule has 2 rings (SSSR count). The van der Waals surface area contributed by atoms with Crippen LogP contribution in [0.3, 0.4) is 0 Å². The molecule has 1 saturated heterocycles. The normalized spacial score (nSPS) is 17.8. The van der Waals surface area contributed by atoms with E-state index in [0.29, 0.717) is 17.2 Å². The molecule has 2 unspecified atom stereocenters. The lowest BCUT2D eigenvalue weighted by Crippen LogP contribution is -2.52. The van der Waals surface area contributed by atoms with Crippen LogP contribution in [0.1, 0.15) is 22.8 Å². The summed E-state index contributed by atoms with van der Waals surface area (Å²) < 4.78 is 0. The highest BCUT2D eigenvalue weighted by molar-refractivity contribution is 7.99. The average molecular weight is 366 g/mol. The number of aromatic carboxylic acids is 1. The molecule has 0 aliphatic carbocycles. The summed E-state index contributed by atoms with van der Waals surface area (Å²) in [6.07, 6.45) is 0.0148. The molecule has 1 fully saturated rings. The van der Waals surface area contributed by atoms with Gasteiger partial charge < -0.3 is 20.4 Å². The van der Waals surface area contributed by atoms with E-state index in [0.717, 1.165) is 0 Å². The highest BCUT2D eigenvalue weighted by Crippen LogP contribution is 2.21. The second-order valence-electron chi connectivity index (χ2n) is 5.61. The predicted octanol–water partition coefficient (Wildman–Crippen LogP) is 0.418. The molecule has 0 spiro atoms. The van der Waals surface area contributed by atoms with Crippen molar-refractivity contribution in [3.63, 3.8) is 0 Å². The Morgan fingerprint density at radius 1 is 1.24 bits per heavy atom. The van der Waals surface area contributed by atoms with Crippen LogP contribution in [0.5, 0.6) is 0 Å². The quantitative estimate of drug-likeness (QED) is 0.666. The molecule has 2 amide bonds. The molecule has 134 valence electrons. The number of nitrogens with one attached hydrogen (secondary N) is 1. The lowest BCUT2D eigenvalue weighted by atomic mass is 10.0. The van der Waals surface area contributed by atoms with E-state index >= 15 is 0 Å². The fourth-order valence-electron chi connectivity index (χ4n) is 2.46. The largest absolute Gasteiger partial charge is 0.480 e. The Hall–Kier alpha value is -2.55. The summed E-state index contributed by atoms with van der Waals surface area (Å²) in [6.45, 7) is 1.37. The number of amides is 2. The van der Waals surface area contributed by atoms with Gasteiger partial charge in [-0.2, -0.15) is 0 Å². The SMILES string of the molecule is CC(=O)N1CSCC1C(=O)NC(Cc1ccc(C(=O)O)cc1)C(=O)O. The summed E-state index contributed by atoms with van der Waals surface area (Å²) in [5.41, 5.74) is 0.682. The number of hydrogen-bond acceptors (Lipinski definition) is 5. The van der Waals surface area contributed by atoms with Crippen LogP contribution in [-0.4, -0.2) is 62.6 Å². The van der Waals surface area contributed by atoms with Gasteiger partial charge in [-0.25, -0.2) is 9.59 Å². The van der Waals surface area contributed by atoms with Crippen molar-refractivity contribution in [1.29, 1.82) is 0 Å². The van der Waals surface area contributed by atoms with Crippen molar-refractivity contribution in [1.82, 2.24) is 10.2 Å². The molecule has 8 nitrogen and oxygen atoms in total. The number of aliphatic carboxylic acids is 1. The summed E-state index contributed by atoms with van der Waals surface area (Å²) in [4.78, 5) is 47.6. The van der Waals surface area contributed by atoms with Gasteiger partial charge >= 0.3 is 11.9 Å². The lowest BCUT2D eigenvalue weighted by molar-refractivity contribution is -0.143. The summed E-state index contributed by atoms with van der Waals surface area (Å²) in [5.74, 6) is -2.18. The molecule has 1 aliphatic rings. The minimum absolute atomic E-state index is 0.0148. The van der Waals surface area contributed by atoms with Crippen LogP contribution in [0, 0.1) is 0 Å². The van der Waals surface area contributed by atoms with Gasteiger partial charge in [0.15, 0.2) is 0 Å². The topological polar surface area (TPSA) is 124 Å². The number of carbonyl (C=O) groups is 4. The summed E-state index contributed by atoms with van der Waals surface area (Å²) >= 11 is 1.43. The van der Waals surface area contributed by atoms with Crippen LogP contribution in [0.2, 0.25) is 0 Å². The third kappa shape index (κ3) is 4.72. The van der Waals surface area contributed by atoms with E-state index in [9.17, 15) is 24.3 Å². The third-order valence-corrected chi connectivity index (χ3v) is 4.86. The average Bonchev–Trinajstić information content (AvgIpc) is 3.04. The van der Waals surface area contributed by atoms with Crippen molar-refractivity contribution in [2.45, 2.75) is 25.4 Å². The highest BCUT2D eigenvalue weighted by Gasteiger charge is 2.34. The number of benzene rings is 1. The molecule has 2 atom stereocenters. The first kappa shape index (κ1) is 18.8. The van der Waals surface area contributed by atoms with Gasteiger partial charge in [0.25, 0.3) is 0 Å². The third-order valence-electron chi connectivity index (χ3n) is 3.84. The number of hydrogen-bond donors (Lipinski definition) is 3. The van der Waals surface area contributed by atoms with Gasteiger partial charge in [-0.3, -0.25) is 9.59 Å². The molecule has 25 heavy (non-hydrogen) atoms. The summed E-state index contributed by atoms with van der Waals surface area (Å²) in [6, 6.07) is 3.94. The number of carboxylic acids is 2. The molecular weight excluding hydrogens is 348 g/mol. The van der Waals surface area contributed by atoms with Crippen molar-refractivity contribution >= 4 is 35.5 Å². The van der Waals surface area contributed by atoms with Crippen LogP contribution in [-0.2, 0) is 20.8 Å². The Labute approximate surface area is 148 Å². The fraction of sp³-hybridized carbons (Fsp3) is 0.375. The second-order valence-corrected chi connectivity index (χ2v) is 6.61. The second kappa shape index (κ2) is 8.02. The van der Waals surface area contributed by atoms with Crippen LogP contribution >= 0.6 is 11.8 Å².